The maximum atomic E-state index is 5.88. The third-order valence-electron chi connectivity index (χ3n) is 2.43. The summed E-state index contributed by atoms with van der Waals surface area (Å²) in [5.74, 6) is 0. The van der Waals surface area contributed by atoms with E-state index in [0.29, 0.717) is 10.7 Å². The standard InChI is InChI=1S/C12H13ClN2S/c1-8(9-4-5-16-7-9)15-12-3-2-10(13)6-11(12)14/h2-8,15H,14H2,1H3. The van der Waals surface area contributed by atoms with Gasteiger partial charge in [-0.2, -0.15) is 11.3 Å². The topological polar surface area (TPSA) is 38.0 Å². The van der Waals surface area contributed by atoms with E-state index in [1.165, 1.54) is 5.56 Å². The number of nitrogens with one attached hydrogen (secondary N) is 1. The predicted molar refractivity (Wildman–Crippen MR) is 72.2 cm³/mol. The van der Waals surface area contributed by atoms with Crippen molar-refractivity contribution in [3.8, 4) is 0 Å². The summed E-state index contributed by atoms with van der Waals surface area (Å²) in [6.45, 7) is 2.11. The molecule has 2 rings (SSSR count). The summed E-state index contributed by atoms with van der Waals surface area (Å²) in [5, 5.41) is 8.22. The van der Waals surface area contributed by atoms with E-state index in [4.69, 9.17) is 17.3 Å². The molecule has 4 heteroatoms. The molecule has 0 amide bonds. The number of hydrogen-bond donors (Lipinski definition) is 2. The smallest absolute Gasteiger partial charge is 0.0579 e. The first-order valence-electron chi connectivity index (χ1n) is 5.00. The molecule has 1 heterocycles. The van der Waals surface area contributed by atoms with E-state index in [9.17, 15) is 0 Å². The van der Waals surface area contributed by atoms with Crippen LogP contribution in [0.4, 0.5) is 11.4 Å². The molecule has 0 fully saturated rings. The lowest BCUT2D eigenvalue weighted by Crippen LogP contribution is -2.07. The Balaban J connectivity index is 2.15. The molecule has 0 saturated carbocycles. The van der Waals surface area contributed by atoms with Crippen LogP contribution >= 0.6 is 22.9 Å². The van der Waals surface area contributed by atoms with Crippen LogP contribution in [0.25, 0.3) is 0 Å². The minimum atomic E-state index is 0.245. The maximum absolute atomic E-state index is 5.88. The highest BCUT2D eigenvalue weighted by Gasteiger charge is 2.07. The molecule has 0 radical (unpaired) electrons. The average molecular weight is 253 g/mol. The van der Waals surface area contributed by atoms with Gasteiger partial charge >= 0.3 is 0 Å². The lowest BCUT2D eigenvalue weighted by atomic mass is 10.1. The van der Waals surface area contributed by atoms with E-state index in [2.05, 4.69) is 29.1 Å². The molecular formula is C12H13ClN2S. The number of hydrogen-bond acceptors (Lipinski definition) is 3. The predicted octanol–water partition coefficient (Wildman–Crippen LogP) is 4.16. The van der Waals surface area contributed by atoms with Gasteiger partial charge < -0.3 is 11.1 Å². The number of anilines is 2. The number of nitrogen functional groups attached to an aromatic ring is 1. The van der Waals surface area contributed by atoms with Gasteiger partial charge in [0.05, 0.1) is 11.4 Å². The molecule has 1 aromatic heterocycles. The van der Waals surface area contributed by atoms with E-state index in [0.717, 1.165) is 5.69 Å². The summed E-state index contributed by atoms with van der Waals surface area (Å²) in [4.78, 5) is 0. The molecule has 2 aromatic rings. The number of halogens is 1. The molecule has 0 aliphatic carbocycles. The third-order valence-corrected chi connectivity index (χ3v) is 3.37. The highest BCUT2D eigenvalue weighted by atomic mass is 35.5. The summed E-state index contributed by atoms with van der Waals surface area (Å²) >= 11 is 7.54. The molecule has 0 saturated heterocycles. The average Bonchev–Trinajstić information content (AvgIpc) is 2.75. The van der Waals surface area contributed by atoms with Crippen molar-refractivity contribution >= 4 is 34.3 Å². The van der Waals surface area contributed by atoms with Crippen molar-refractivity contribution in [3.05, 3.63) is 45.6 Å². The molecule has 0 aliphatic rings. The fourth-order valence-corrected chi connectivity index (χ4v) is 2.44. The van der Waals surface area contributed by atoms with Gasteiger partial charge in [-0.15, -0.1) is 0 Å². The van der Waals surface area contributed by atoms with Crippen LogP contribution in [0.2, 0.25) is 5.02 Å². The number of thiophene rings is 1. The molecule has 1 unspecified atom stereocenters. The van der Waals surface area contributed by atoms with E-state index in [1.807, 2.05) is 12.1 Å². The van der Waals surface area contributed by atoms with Gasteiger partial charge in [0.25, 0.3) is 0 Å². The number of nitrogens with two attached hydrogens (primary N) is 1. The van der Waals surface area contributed by atoms with Crippen LogP contribution in [-0.2, 0) is 0 Å². The summed E-state index contributed by atoms with van der Waals surface area (Å²) < 4.78 is 0. The van der Waals surface area contributed by atoms with Crippen LogP contribution in [0, 0.1) is 0 Å². The van der Waals surface area contributed by atoms with Crippen molar-refractivity contribution in [1.82, 2.24) is 0 Å². The van der Waals surface area contributed by atoms with Gasteiger partial charge in [-0.1, -0.05) is 11.6 Å². The van der Waals surface area contributed by atoms with Gasteiger partial charge in [-0.25, -0.2) is 0 Å². The number of rotatable bonds is 3. The first-order chi connectivity index (χ1) is 7.66. The Kier molecular flexibility index (Phi) is 3.36. The number of benzene rings is 1. The van der Waals surface area contributed by atoms with Crippen LogP contribution < -0.4 is 11.1 Å². The second kappa shape index (κ2) is 4.76. The van der Waals surface area contributed by atoms with Crippen LogP contribution in [0.3, 0.4) is 0 Å². The van der Waals surface area contributed by atoms with Gasteiger partial charge in [-0.05, 0) is 47.5 Å². The van der Waals surface area contributed by atoms with Crippen molar-refractivity contribution in [2.45, 2.75) is 13.0 Å². The molecule has 0 aliphatic heterocycles. The van der Waals surface area contributed by atoms with Crippen LogP contribution in [0.15, 0.2) is 35.0 Å². The SMILES string of the molecule is CC(Nc1ccc(Cl)cc1N)c1ccsc1. The first-order valence-corrected chi connectivity index (χ1v) is 6.32. The molecule has 1 aromatic carbocycles. The van der Waals surface area contributed by atoms with Gasteiger partial charge in [0.2, 0.25) is 0 Å². The van der Waals surface area contributed by atoms with Crippen LogP contribution in [-0.4, -0.2) is 0 Å². The normalized spacial score (nSPS) is 12.4. The largest absolute Gasteiger partial charge is 0.397 e. The maximum Gasteiger partial charge on any atom is 0.0579 e. The fourth-order valence-electron chi connectivity index (χ4n) is 1.50. The van der Waals surface area contributed by atoms with E-state index in [-0.39, 0.29) is 6.04 Å². The minimum absolute atomic E-state index is 0.245. The van der Waals surface area contributed by atoms with Crippen LogP contribution in [0.1, 0.15) is 18.5 Å². The fraction of sp³-hybridized carbons (Fsp3) is 0.167. The quantitative estimate of drug-likeness (QED) is 0.805. The first kappa shape index (κ1) is 11.3. The Hall–Kier alpha value is -1.19. The third kappa shape index (κ3) is 2.49. The van der Waals surface area contributed by atoms with E-state index in [1.54, 1.807) is 17.4 Å². The Morgan fingerprint density at radius 1 is 1.38 bits per heavy atom. The van der Waals surface area contributed by atoms with Crippen molar-refractivity contribution in [2.24, 2.45) is 0 Å². The van der Waals surface area contributed by atoms with Gasteiger partial charge in [-0.3, -0.25) is 0 Å². The van der Waals surface area contributed by atoms with Gasteiger partial charge in [0.15, 0.2) is 0 Å². The molecule has 0 spiro atoms. The van der Waals surface area contributed by atoms with Crippen molar-refractivity contribution in [1.29, 1.82) is 0 Å². The molecule has 2 nitrogen and oxygen atoms in total. The van der Waals surface area contributed by atoms with E-state index >= 15 is 0 Å². The van der Waals surface area contributed by atoms with Crippen molar-refractivity contribution in [3.63, 3.8) is 0 Å². The molecular weight excluding hydrogens is 240 g/mol. The summed E-state index contributed by atoms with van der Waals surface area (Å²) in [7, 11) is 0. The highest BCUT2D eigenvalue weighted by Crippen LogP contribution is 2.27. The molecule has 16 heavy (non-hydrogen) atoms. The molecule has 0 bridgehead atoms. The zero-order valence-electron chi connectivity index (χ0n) is 8.91. The monoisotopic (exact) mass is 252 g/mol. The minimum Gasteiger partial charge on any atom is -0.397 e. The lowest BCUT2D eigenvalue weighted by Gasteiger charge is -2.15. The highest BCUT2D eigenvalue weighted by molar-refractivity contribution is 7.07. The lowest BCUT2D eigenvalue weighted by molar-refractivity contribution is 0.891. The van der Waals surface area contributed by atoms with E-state index < -0.39 is 0 Å². The second-order valence-corrected chi connectivity index (χ2v) is 4.87. The summed E-state index contributed by atoms with van der Waals surface area (Å²) in [5.41, 5.74) is 8.74. The molecule has 1 atom stereocenters. The van der Waals surface area contributed by atoms with Crippen LogP contribution in [0.5, 0.6) is 0 Å². The second-order valence-electron chi connectivity index (χ2n) is 3.65. The Morgan fingerprint density at radius 3 is 2.81 bits per heavy atom. The zero-order valence-corrected chi connectivity index (χ0v) is 10.5. The summed E-state index contributed by atoms with van der Waals surface area (Å²) in [6.07, 6.45) is 0. The van der Waals surface area contributed by atoms with Crippen molar-refractivity contribution < 1.29 is 0 Å². The summed E-state index contributed by atoms with van der Waals surface area (Å²) in [6, 6.07) is 7.84. The Morgan fingerprint density at radius 2 is 2.19 bits per heavy atom. The van der Waals surface area contributed by atoms with Gasteiger partial charge in [0, 0.05) is 11.1 Å². The Bertz CT molecular complexity index is 468. The molecule has 3 N–H and O–H groups in total. The molecule has 84 valence electrons. The zero-order chi connectivity index (χ0) is 11.5. The Labute approximate surface area is 104 Å². The van der Waals surface area contributed by atoms with Gasteiger partial charge in [0.1, 0.15) is 0 Å². The van der Waals surface area contributed by atoms with Crippen molar-refractivity contribution in [2.75, 3.05) is 11.1 Å².